The summed E-state index contributed by atoms with van der Waals surface area (Å²) < 4.78 is 15.9. The van der Waals surface area contributed by atoms with Crippen molar-refractivity contribution in [3.8, 4) is 0 Å². The highest BCUT2D eigenvalue weighted by Crippen LogP contribution is 2.24. The fourth-order valence-corrected chi connectivity index (χ4v) is 3.10. The van der Waals surface area contributed by atoms with Gasteiger partial charge in [0, 0.05) is 32.8 Å². The third-order valence-corrected chi connectivity index (χ3v) is 5.39. The van der Waals surface area contributed by atoms with E-state index in [2.05, 4.69) is 0 Å². The van der Waals surface area contributed by atoms with Gasteiger partial charge in [0.25, 0.3) is 0 Å². The van der Waals surface area contributed by atoms with E-state index < -0.39 is 8.80 Å². The maximum Gasteiger partial charge on any atom is 0.500 e. The van der Waals surface area contributed by atoms with Crippen LogP contribution in [0.1, 0.15) is 26.7 Å². The van der Waals surface area contributed by atoms with Gasteiger partial charge in [-0.1, -0.05) is 13.8 Å². The molecule has 4 nitrogen and oxygen atoms in total. The zero-order valence-electron chi connectivity index (χ0n) is 10.3. The summed E-state index contributed by atoms with van der Waals surface area (Å²) >= 11 is 0. The molecule has 0 aromatic rings. The Balaban J connectivity index is 4.07. The predicted molar refractivity (Wildman–Crippen MR) is 60.7 cm³/mol. The maximum absolute atomic E-state index is 10.7. The summed E-state index contributed by atoms with van der Waals surface area (Å²) in [4.78, 5) is 10.7. The van der Waals surface area contributed by atoms with Crippen molar-refractivity contribution in [1.29, 1.82) is 0 Å². The van der Waals surface area contributed by atoms with Crippen molar-refractivity contribution in [2.75, 3.05) is 21.3 Å². The van der Waals surface area contributed by atoms with Gasteiger partial charge < -0.3 is 18.1 Å². The van der Waals surface area contributed by atoms with Crippen LogP contribution in [0.15, 0.2) is 0 Å². The van der Waals surface area contributed by atoms with Gasteiger partial charge in [-0.2, -0.15) is 0 Å². The van der Waals surface area contributed by atoms with E-state index in [1.54, 1.807) is 21.3 Å². The molecule has 5 heteroatoms. The van der Waals surface area contributed by atoms with Crippen molar-refractivity contribution in [3.63, 3.8) is 0 Å². The number of aldehydes is 1. The van der Waals surface area contributed by atoms with Crippen LogP contribution in [-0.2, 0) is 18.1 Å². The third kappa shape index (κ3) is 4.88. The lowest BCUT2D eigenvalue weighted by Gasteiger charge is -2.25. The lowest BCUT2D eigenvalue weighted by Crippen LogP contribution is -2.42. The van der Waals surface area contributed by atoms with Crippen LogP contribution in [0.3, 0.4) is 0 Å². The molecule has 0 heterocycles. The average Bonchev–Trinajstić information content (AvgIpc) is 2.25. The smallest absolute Gasteiger partial charge is 0.377 e. The Hall–Kier alpha value is -0.233. The maximum atomic E-state index is 10.7. The largest absolute Gasteiger partial charge is 0.500 e. The van der Waals surface area contributed by atoms with Crippen molar-refractivity contribution >= 4 is 15.1 Å². The van der Waals surface area contributed by atoms with Crippen LogP contribution in [0.25, 0.3) is 0 Å². The van der Waals surface area contributed by atoms with Gasteiger partial charge in [0.2, 0.25) is 0 Å². The van der Waals surface area contributed by atoms with Gasteiger partial charge in [-0.25, -0.2) is 0 Å². The Kier molecular flexibility index (Phi) is 6.27. The Bertz CT molecular complexity index is 182. The summed E-state index contributed by atoms with van der Waals surface area (Å²) in [5.74, 6) is 0. The molecule has 0 aromatic heterocycles. The molecule has 0 aliphatic carbocycles. The van der Waals surface area contributed by atoms with E-state index in [9.17, 15) is 4.79 Å². The highest BCUT2D eigenvalue weighted by Gasteiger charge is 2.37. The van der Waals surface area contributed by atoms with Crippen molar-refractivity contribution in [2.45, 2.75) is 32.7 Å². The average molecular weight is 234 g/mol. The van der Waals surface area contributed by atoms with Gasteiger partial charge in [-0.15, -0.1) is 0 Å². The first-order valence-corrected chi connectivity index (χ1v) is 7.00. The quantitative estimate of drug-likeness (QED) is 0.475. The van der Waals surface area contributed by atoms with Crippen molar-refractivity contribution in [2.24, 2.45) is 5.41 Å². The monoisotopic (exact) mass is 234 g/mol. The van der Waals surface area contributed by atoms with Crippen LogP contribution in [-0.4, -0.2) is 36.4 Å². The highest BCUT2D eigenvalue weighted by atomic mass is 28.4. The normalized spacial score (nSPS) is 12.9. The minimum Gasteiger partial charge on any atom is -0.377 e. The molecule has 0 N–H and O–H groups in total. The van der Waals surface area contributed by atoms with E-state index in [0.29, 0.717) is 0 Å². The molecule has 90 valence electrons. The first-order valence-electron chi connectivity index (χ1n) is 5.07. The third-order valence-electron chi connectivity index (χ3n) is 2.56. The van der Waals surface area contributed by atoms with Crippen LogP contribution < -0.4 is 0 Å². The van der Waals surface area contributed by atoms with Crippen LogP contribution in [0.4, 0.5) is 0 Å². The molecular formula is C10H22O4Si. The summed E-state index contributed by atoms with van der Waals surface area (Å²) in [5, 5.41) is 0. The van der Waals surface area contributed by atoms with Crippen LogP contribution in [0.5, 0.6) is 0 Å². The number of carbonyl (C=O) groups is 1. The fraction of sp³-hybridized carbons (Fsp3) is 0.900. The Morgan fingerprint density at radius 1 is 1.13 bits per heavy atom. The standard InChI is InChI=1S/C10H22O4Si/c1-10(2,9-11)7-6-8-15(12-3,13-4)14-5/h9H,6-8H2,1-5H3. The molecule has 0 radical (unpaired) electrons. The molecule has 0 unspecified atom stereocenters. The van der Waals surface area contributed by atoms with Crippen LogP contribution >= 0.6 is 0 Å². The number of rotatable bonds is 8. The van der Waals surface area contributed by atoms with Crippen LogP contribution in [0, 0.1) is 5.41 Å². The number of carbonyl (C=O) groups excluding carboxylic acids is 1. The molecule has 0 fully saturated rings. The second kappa shape index (κ2) is 6.37. The van der Waals surface area contributed by atoms with E-state index in [1.165, 1.54) is 0 Å². The predicted octanol–water partition coefficient (Wildman–Crippen LogP) is 1.87. The van der Waals surface area contributed by atoms with Crippen molar-refractivity contribution in [1.82, 2.24) is 0 Å². The summed E-state index contributed by atoms with van der Waals surface area (Å²) in [7, 11) is 2.36. The molecule has 0 rings (SSSR count). The fourth-order valence-electron chi connectivity index (χ4n) is 1.38. The lowest BCUT2D eigenvalue weighted by molar-refractivity contribution is -0.115. The minimum atomic E-state index is -2.45. The summed E-state index contributed by atoms with van der Waals surface area (Å²) in [6, 6.07) is 0.744. The first kappa shape index (κ1) is 14.8. The molecule has 0 saturated heterocycles. The lowest BCUT2D eigenvalue weighted by atomic mass is 9.90. The van der Waals surface area contributed by atoms with Crippen molar-refractivity contribution in [3.05, 3.63) is 0 Å². The molecule has 0 atom stereocenters. The first-order chi connectivity index (χ1) is 6.95. The summed E-state index contributed by atoms with van der Waals surface area (Å²) in [5.41, 5.74) is -0.268. The van der Waals surface area contributed by atoms with Gasteiger partial charge in [0.15, 0.2) is 0 Å². The van der Waals surface area contributed by atoms with Gasteiger partial charge in [-0.05, 0) is 12.8 Å². The Labute approximate surface area is 93.3 Å². The zero-order chi connectivity index (χ0) is 11.9. The number of hydrogen-bond donors (Lipinski definition) is 0. The zero-order valence-corrected chi connectivity index (χ0v) is 11.3. The van der Waals surface area contributed by atoms with E-state index in [4.69, 9.17) is 13.3 Å². The van der Waals surface area contributed by atoms with Crippen molar-refractivity contribution < 1.29 is 18.1 Å². The SMILES string of the molecule is CO[Si](CCCC(C)(C)C=O)(OC)OC. The Morgan fingerprint density at radius 3 is 1.93 bits per heavy atom. The summed E-state index contributed by atoms with van der Waals surface area (Å²) in [6.45, 7) is 3.85. The second-order valence-corrected chi connectivity index (χ2v) is 7.35. The van der Waals surface area contributed by atoms with E-state index in [-0.39, 0.29) is 5.41 Å². The van der Waals surface area contributed by atoms with Gasteiger partial charge in [0.1, 0.15) is 6.29 Å². The van der Waals surface area contributed by atoms with E-state index in [1.807, 2.05) is 13.8 Å². The van der Waals surface area contributed by atoms with Gasteiger partial charge in [0.05, 0.1) is 0 Å². The van der Waals surface area contributed by atoms with Crippen LogP contribution in [0.2, 0.25) is 6.04 Å². The molecule has 15 heavy (non-hydrogen) atoms. The van der Waals surface area contributed by atoms with Gasteiger partial charge >= 0.3 is 8.80 Å². The van der Waals surface area contributed by atoms with Gasteiger partial charge in [-0.3, -0.25) is 0 Å². The van der Waals surface area contributed by atoms with E-state index in [0.717, 1.165) is 25.2 Å². The molecule has 0 aromatic carbocycles. The Morgan fingerprint density at radius 2 is 1.60 bits per heavy atom. The van der Waals surface area contributed by atoms with E-state index >= 15 is 0 Å². The number of hydrogen-bond acceptors (Lipinski definition) is 4. The molecule has 0 spiro atoms. The second-order valence-electron chi connectivity index (χ2n) is 4.26. The minimum absolute atomic E-state index is 0.268. The molecule has 0 saturated carbocycles. The molecule has 0 bridgehead atoms. The molecular weight excluding hydrogens is 212 g/mol. The molecule has 0 aliphatic heterocycles. The summed E-state index contributed by atoms with van der Waals surface area (Å²) in [6.07, 6.45) is 2.68. The highest BCUT2D eigenvalue weighted by molar-refractivity contribution is 6.60. The topological polar surface area (TPSA) is 44.8 Å². The molecule has 0 aliphatic rings. The molecule has 0 amide bonds.